The highest BCUT2D eigenvalue weighted by atomic mass is 32.2. The number of rotatable bonds is 15. The van der Waals surface area contributed by atoms with Gasteiger partial charge in [0.15, 0.2) is 5.16 Å². The zero-order chi connectivity index (χ0) is 31.4. The van der Waals surface area contributed by atoms with E-state index in [9.17, 15) is 9.59 Å². The summed E-state index contributed by atoms with van der Waals surface area (Å²) in [5.41, 5.74) is 4.95. The van der Waals surface area contributed by atoms with Crippen molar-refractivity contribution >= 4 is 34.7 Å². The van der Waals surface area contributed by atoms with Crippen molar-refractivity contribution in [2.24, 2.45) is 0 Å². The molecule has 0 radical (unpaired) electrons. The first kappa shape index (κ1) is 32.0. The number of carbonyl (C=O) groups excluding carboxylic acids is 2. The van der Waals surface area contributed by atoms with Crippen molar-refractivity contribution in [3.63, 3.8) is 0 Å². The summed E-state index contributed by atoms with van der Waals surface area (Å²) in [5.74, 6) is 0.213. The first-order chi connectivity index (χ1) is 22.0. The summed E-state index contributed by atoms with van der Waals surface area (Å²) < 4.78 is 7.53. The minimum absolute atomic E-state index is 0.105. The number of para-hydroxylation sites is 2. The van der Waals surface area contributed by atoms with Crippen LogP contribution >= 0.6 is 11.8 Å². The molecule has 1 heterocycles. The highest BCUT2D eigenvalue weighted by Gasteiger charge is 2.27. The topological polar surface area (TPSA) is 64.4 Å². The maximum absolute atomic E-state index is 14.4. The van der Waals surface area contributed by atoms with E-state index in [-0.39, 0.29) is 30.4 Å². The number of fused-ring (bicyclic) bond motifs is 1. The zero-order valence-electron chi connectivity index (χ0n) is 26.0. The fourth-order valence-electron chi connectivity index (χ4n) is 5.40. The summed E-state index contributed by atoms with van der Waals surface area (Å²) in [5, 5.41) is 0.783. The Bertz CT molecular complexity index is 1620. The molecule has 0 aliphatic heterocycles. The standard InChI is InChI=1S/C38H41N3O3S/c1-3-29(2)44-35(42)28-41-34-23-14-13-22-33(34)39-38(41)45-27-15-25-40(26-24-30-16-7-4-8-17-30)37(43)36(31-18-9-5-10-19-31)32-20-11-6-12-21-32/h4-14,16-23,29,36H,3,15,24-28H2,1-2H3. The second-order valence-electron chi connectivity index (χ2n) is 11.2. The van der Waals surface area contributed by atoms with E-state index < -0.39 is 0 Å². The lowest BCUT2D eigenvalue weighted by Crippen LogP contribution is -2.38. The molecule has 4 aromatic carbocycles. The summed E-state index contributed by atoms with van der Waals surface area (Å²) in [4.78, 5) is 34.0. The van der Waals surface area contributed by atoms with E-state index in [1.807, 2.05) is 126 Å². The van der Waals surface area contributed by atoms with Gasteiger partial charge in [-0.1, -0.05) is 122 Å². The molecule has 0 aliphatic rings. The molecule has 0 bridgehead atoms. The molecule has 6 nitrogen and oxygen atoms in total. The molecule has 0 N–H and O–H groups in total. The summed E-state index contributed by atoms with van der Waals surface area (Å²) in [6.07, 6.45) is 2.21. The second kappa shape index (κ2) is 16.1. The van der Waals surface area contributed by atoms with Crippen LogP contribution in [-0.2, 0) is 27.3 Å². The van der Waals surface area contributed by atoms with Gasteiger partial charge in [0.2, 0.25) is 5.91 Å². The van der Waals surface area contributed by atoms with E-state index in [2.05, 4.69) is 12.1 Å². The van der Waals surface area contributed by atoms with Crippen LogP contribution in [0.2, 0.25) is 0 Å². The van der Waals surface area contributed by atoms with E-state index in [0.29, 0.717) is 13.1 Å². The Morgan fingerprint density at radius 2 is 1.42 bits per heavy atom. The molecule has 0 spiro atoms. The Balaban J connectivity index is 1.32. The third-order valence-corrected chi connectivity index (χ3v) is 9.02. The number of hydrogen-bond acceptors (Lipinski definition) is 5. The van der Waals surface area contributed by atoms with Crippen LogP contribution in [0.4, 0.5) is 0 Å². The van der Waals surface area contributed by atoms with Gasteiger partial charge in [0.1, 0.15) is 6.54 Å². The van der Waals surface area contributed by atoms with Gasteiger partial charge in [0, 0.05) is 18.8 Å². The number of hydrogen-bond donors (Lipinski definition) is 0. The zero-order valence-corrected chi connectivity index (χ0v) is 26.9. The summed E-state index contributed by atoms with van der Waals surface area (Å²) in [6, 6.07) is 38.3. The quantitative estimate of drug-likeness (QED) is 0.0681. The predicted molar refractivity (Wildman–Crippen MR) is 182 cm³/mol. The minimum atomic E-state index is -0.378. The van der Waals surface area contributed by atoms with E-state index in [4.69, 9.17) is 9.72 Å². The van der Waals surface area contributed by atoms with E-state index in [0.717, 1.165) is 52.3 Å². The molecule has 1 atom stereocenters. The number of carbonyl (C=O) groups is 2. The van der Waals surface area contributed by atoms with Crippen molar-refractivity contribution in [3.8, 4) is 0 Å². The fraction of sp³-hybridized carbons (Fsp3) is 0.289. The molecular formula is C38H41N3O3S. The lowest BCUT2D eigenvalue weighted by molar-refractivity contribution is -0.149. The number of ether oxygens (including phenoxy) is 1. The highest BCUT2D eigenvalue weighted by molar-refractivity contribution is 7.99. The number of amides is 1. The summed E-state index contributed by atoms with van der Waals surface area (Å²) in [7, 11) is 0. The lowest BCUT2D eigenvalue weighted by atomic mass is 9.90. The van der Waals surface area contributed by atoms with Crippen LogP contribution in [0.3, 0.4) is 0 Å². The maximum atomic E-state index is 14.4. The normalized spacial score (nSPS) is 11.9. The van der Waals surface area contributed by atoms with Gasteiger partial charge in [-0.15, -0.1) is 0 Å². The number of thioether (sulfide) groups is 1. The van der Waals surface area contributed by atoms with Crippen molar-refractivity contribution in [2.75, 3.05) is 18.8 Å². The number of esters is 1. The van der Waals surface area contributed by atoms with Gasteiger partial charge in [-0.05, 0) is 55.0 Å². The molecule has 232 valence electrons. The Morgan fingerprint density at radius 1 is 0.822 bits per heavy atom. The third kappa shape index (κ3) is 8.64. The molecule has 1 aromatic heterocycles. The van der Waals surface area contributed by atoms with Crippen LogP contribution in [0, 0.1) is 0 Å². The molecule has 0 fully saturated rings. The molecule has 5 aromatic rings. The molecule has 7 heteroatoms. The van der Waals surface area contributed by atoms with Crippen LogP contribution in [-0.4, -0.2) is 51.3 Å². The van der Waals surface area contributed by atoms with E-state index >= 15 is 0 Å². The molecule has 0 saturated heterocycles. The molecule has 45 heavy (non-hydrogen) atoms. The average Bonchev–Trinajstić information content (AvgIpc) is 3.42. The molecule has 1 amide bonds. The molecule has 5 rings (SSSR count). The van der Waals surface area contributed by atoms with Gasteiger partial charge in [0.05, 0.1) is 23.1 Å². The van der Waals surface area contributed by atoms with Crippen LogP contribution in [0.5, 0.6) is 0 Å². The van der Waals surface area contributed by atoms with Crippen molar-refractivity contribution < 1.29 is 14.3 Å². The first-order valence-corrected chi connectivity index (χ1v) is 16.7. The van der Waals surface area contributed by atoms with Gasteiger partial charge in [-0.2, -0.15) is 0 Å². The predicted octanol–water partition coefficient (Wildman–Crippen LogP) is 7.76. The van der Waals surface area contributed by atoms with Crippen molar-refractivity contribution in [1.82, 2.24) is 14.5 Å². The monoisotopic (exact) mass is 619 g/mol. The second-order valence-corrected chi connectivity index (χ2v) is 12.3. The molecule has 0 saturated carbocycles. The van der Waals surface area contributed by atoms with Gasteiger partial charge >= 0.3 is 5.97 Å². The Hall–Kier alpha value is -4.36. The Morgan fingerprint density at radius 3 is 2.07 bits per heavy atom. The first-order valence-electron chi connectivity index (χ1n) is 15.7. The largest absolute Gasteiger partial charge is 0.461 e. The van der Waals surface area contributed by atoms with E-state index in [1.54, 1.807) is 11.8 Å². The maximum Gasteiger partial charge on any atom is 0.326 e. The van der Waals surface area contributed by atoms with Gasteiger partial charge in [0.25, 0.3) is 0 Å². The van der Waals surface area contributed by atoms with Gasteiger partial charge in [-0.3, -0.25) is 9.59 Å². The SMILES string of the molecule is CCC(C)OC(=O)Cn1c(SCCCN(CCc2ccccc2)C(=O)C(c2ccccc2)c2ccccc2)nc2ccccc21. The Kier molecular flexibility index (Phi) is 11.5. The van der Waals surface area contributed by atoms with Crippen LogP contribution < -0.4 is 0 Å². The lowest BCUT2D eigenvalue weighted by Gasteiger charge is -2.28. The number of imidazole rings is 1. The van der Waals surface area contributed by atoms with Crippen LogP contribution in [0.15, 0.2) is 120 Å². The summed E-state index contributed by atoms with van der Waals surface area (Å²) >= 11 is 1.61. The van der Waals surface area contributed by atoms with Gasteiger partial charge in [-0.25, -0.2) is 4.98 Å². The smallest absolute Gasteiger partial charge is 0.326 e. The van der Waals surface area contributed by atoms with E-state index in [1.165, 1.54) is 5.56 Å². The number of benzene rings is 4. The highest BCUT2D eigenvalue weighted by Crippen LogP contribution is 2.28. The van der Waals surface area contributed by atoms with Crippen LogP contribution in [0.25, 0.3) is 11.0 Å². The van der Waals surface area contributed by atoms with Crippen molar-refractivity contribution in [3.05, 3.63) is 132 Å². The average molecular weight is 620 g/mol. The van der Waals surface area contributed by atoms with Crippen molar-refractivity contribution in [1.29, 1.82) is 0 Å². The number of aromatic nitrogens is 2. The van der Waals surface area contributed by atoms with Gasteiger partial charge < -0.3 is 14.2 Å². The molecular weight excluding hydrogens is 579 g/mol. The third-order valence-electron chi connectivity index (χ3n) is 7.96. The molecule has 1 unspecified atom stereocenters. The minimum Gasteiger partial charge on any atom is -0.461 e. The Labute approximate surface area is 270 Å². The molecule has 0 aliphatic carbocycles. The fourth-order valence-corrected chi connectivity index (χ4v) is 6.34. The van der Waals surface area contributed by atoms with Crippen LogP contribution in [0.1, 0.15) is 49.3 Å². The summed E-state index contributed by atoms with van der Waals surface area (Å²) in [6.45, 7) is 5.27. The number of nitrogens with zero attached hydrogens (tertiary/aromatic N) is 3. The van der Waals surface area contributed by atoms with Crippen molar-refractivity contribution in [2.45, 2.75) is 56.8 Å².